The van der Waals surface area contributed by atoms with E-state index < -0.39 is 6.03 Å². The third-order valence-electron chi connectivity index (χ3n) is 5.92. The smallest absolute Gasteiger partial charge is 0.342 e. The molecule has 3 aromatic carbocycles. The largest absolute Gasteiger partial charge is 0.507 e. The zero-order chi connectivity index (χ0) is 25.2. The molecule has 182 valence electrons. The van der Waals surface area contributed by atoms with E-state index in [2.05, 4.69) is 15.7 Å². The van der Waals surface area contributed by atoms with E-state index in [4.69, 9.17) is 11.6 Å². The summed E-state index contributed by atoms with van der Waals surface area (Å²) >= 11 is 5.89. The third-order valence-corrected chi connectivity index (χ3v) is 6.17. The summed E-state index contributed by atoms with van der Waals surface area (Å²) in [5.41, 5.74) is 3.20. The summed E-state index contributed by atoms with van der Waals surface area (Å²) in [6.45, 7) is 0.218. The Balaban J connectivity index is 1.37. The van der Waals surface area contributed by atoms with Gasteiger partial charge in [-0.2, -0.15) is 9.78 Å². The van der Waals surface area contributed by atoms with Crippen LogP contribution in [0.4, 0.5) is 14.9 Å². The Bertz CT molecular complexity index is 1430. The molecule has 0 saturated heterocycles. The molecule has 0 spiro atoms. The molecule has 1 aliphatic rings. The van der Waals surface area contributed by atoms with E-state index in [1.165, 1.54) is 22.9 Å². The minimum atomic E-state index is -0.417. The van der Waals surface area contributed by atoms with Crippen molar-refractivity contribution in [3.05, 3.63) is 100 Å². The maximum absolute atomic E-state index is 13.1. The molecule has 3 N–H and O–H groups in total. The number of aromatic nitrogens is 2. The Labute approximate surface area is 211 Å². The number of aromatic hydroxyl groups is 1. The van der Waals surface area contributed by atoms with Crippen LogP contribution in [0.2, 0.25) is 5.02 Å². The van der Waals surface area contributed by atoms with Gasteiger partial charge in [0.05, 0.1) is 11.4 Å². The van der Waals surface area contributed by atoms with Crippen molar-refractivity contribution in [2.24, 2.45) is 0 Å². The zero-order valence-electron chi connectivity index (χ0n) is 19.0. The van der Waals surface area contributed by atoms with Crippen molar-refractivity contribution < 1.29 is 19.1 Å². The van der Waals surface area contributed by atoms with Gasteiger partial charge in [0.15, 0.2) is 0 Å². The molecule has 0 radical (unpaired) electrons. The van der Waals surface area contributed by atoms with E-state index >= 15 is 0 Å². The van der Waals surface area contributed by atoms with E-state index in [9.17, 15) is 19.1 Å². The van der Waals surface area contributed by atoms with Crippen molar-refractivity contribution in [1.82, 2.24) is 15.1 Å². The fourth-order valence-electron chi connectivity index (χ4n) is 3.84. The summed E-state index contributed by atoms with van der Waals surface area (Å²) in [7, 11) is 0. The molecule has 0 atom stereocenters. The summed E-state index contributed by atoms with van der Waals surface area (Å²) < 4.78 is 14.5. The lowest BCUT2D eigenvalue weighted by atomic mass is 10.1. The number of anilines is 1. The summed E-state index contributed by atoms with van der Waals surface area (Å²) in [6, 6.07) is 18.4. The standard InChI is InChI=1S/C27H22ClFN4O3/c28-19-7-5-18(6-8-19)26(35)31-21-11-12-25(34)22(13-21)23-14-24(17-3-4-17)33(32-23)27(36)30-15-16-1-9-20(29)10-2-16/h1-2,5-14,17,34H,3-4,15H2,(H,30,36)(H,31,35). The third kappa shape index (κ3) is 5.23. The molecule has 0 bridgehead atoms. The number of nitrogens with one attached hydrogen (secondary N) is 2. The maximum Gasteiger partial charge on any atom is 0.342 e. The Morgan fingerprint density at radius 2 is 1.75 bits per heavy atom. The highest BCUT2D eigenvalue weighted by atomic mass is 35.5. The molecular weight excluding hydrogens is 483 g/mol. The molecule has 1 saturated carbocycles. The molecule has 4 aromatic rings. The van der Waals surface area contributed by atoms with Gasteiger partial charge in [-0.25, -0.2) is 9.18 Å². The average Bonchev–Trinajstić information content (AvgIpc) is 3.63. The van der Waals surface area contributed by atoms with Gasteiger partial charge >= 0.3 is 6.03 Å². The molecule has 9 heteroatoms. The number of amides is 2. The van der Waals surface area contributed by atoms with Crippen LogP contribution in [0.5, 0.6) is 5.75 Å². The first-order valence-corrected chi connectivity index (χ1v) is 11.8. The van der Waals surface area contributed by atoms with Gasteiger partial charge in [0, 0.05) is 34.3 Å². The molecule has 5 rings (SSSR count). The van der Waals surface area contributed by atoms with Crippen LogP contribution in [0.25, 0.3) is 11.3 Å². The number of hydrogen-bond donors (Lipinski definition) is 3. The first-order chi connectivity index (χ1) is 17.4. The van der Waals surface area contributed by atoms with Gasteiger partial charge in [-0.05, 0) is 79.1 Å². The maximum atomic E-state index is 13.1. The van der Waals surface area contributed by atoms with E-state index in [-0.39, 0.29) is 29.9 Å². The number of carbonyl (C=O) groups excluding carboxylic acids is 2. The number of benzene rings is 3. The summed E-state index contributed by atoms with van der Waals surface area (Å²) in [5.74, 6) is -0.493. The first kappa shape index (κ1) is 23.6. The van der Waals surface area contributed by atoms with Crippen molar-refractivity contribution in [2.45, 2.75) is 25.3 Å². The number of nitrogens with zero attached hydrogens (tertiary/aromatic N) is 2. The predicted molar refractivity (Wildman–Crippen MR) is 135 cm³/mol. The minimum absolute atomic E-state index is 0.0294. The molecular formula is C27H22ClFN4O3. The van der Waals surface area contributed by atoms with E-state index in [0.717, 1.165) is 24.1 Å². The predicted octanol–water partition coefficient (Wildman–Crippen LogP) is 5.94. The highest BCUT2D eigenvalue weighted by Gasteiger charge is 2.30. The van der Waals surface area contributed by atoms with Crippen LogP contribution >= 0.6 is 11.6 Å². The molecule has 36 heavy (non-hydrogen) atoms. The quantitative estimate of drug-likeness (QED) is 0.283. The van der Waals surface area contributed by atoms with Gasteiger partial charge in [0.1, 0.15) is 11.6 Å². The van der Waals surface area contributed by atoms with Crippen LogP contribution in [0.15, 0.2) is 72.8 Å². The SMILES string of the molecule is O=C(Nc1ccc(O)c(-c2cc(C3CC3)n(C(=O)NCc3ccc(F)cc3)n2)c1)c1ccc(Cl)cc1. The van der Waals surface area contributed by atoms with Crippen molar-refractivity contribution >= 4 is 29.2 Å². The number of halogens is 2. The van der Waals surface area contributed by atoms with Crippen molar-refractivity contribution in [3.63, 3.8) is 0 Å². The van der Waals surface area contributed by atoms with Crippen LogP contribution < -0.4 is 10.6 Å². The Hall–Kier alpha value is -4.17. The van der Waals surface area contributed by atoms with Crippen molar-refractivity contribution in [2.75, 3.05) is 5.32 Å². The second-order valence-corrected chi connectivity index (χ2v) is 9.06. The topological polar surface area (TPSA) is 96.2 Å². The lowest BCUT2D eigenvalue weighted by molar-refractivity contribution is 0.102. The van der Waals surface area contributed by atoms with Crippen molar-refractivity contribution in [3.8, 4) is 17.0 Å². The van der Waals surface area contributed by atoms with E-state index in [1.54, 1.807) is 54.6 Å². The highest BCUT2D eigenvalue weighted by molar-refractivity contribution is 6.30. The zero-order valence-corrected chi connectivity index (χ0v) is 19.8. The number of phenolic OH excluding ortho intramolecular Hbond substituents is 1. The molecule has 1 aromatic heterocycles. The van der Waals surface area contributed by atoms with Gasteiger partial charge < -0.3 is 15.7 Å². The van der Waals surface area contributed by atoms with Gasteiger partial charge in [-0.3, -0.25) is 4.79 Å². The fourth-order valence-corrected chi connectivity index (χ4v) is 3.96. The van der Waals surface area contributed by atoms with Crippen LogP contribution in [0.3, 0.4) is 0 Å². The molecule has 1 fully saturated rings. The van der Waals surface area contributed by atoms with Crippen molar-refractivity contribution in [1.29, 1.82) is 0 Å². The van der Waals surface area contributed by atoms with Gasteiger partial charge in [0.25, 0.3) is 5.91 Å². The summed E-state index contributed by atoms with van der Waals surface area (Å²) in [5, 5.41) is 21.1. The molecule has 0 aliphatic heterocycles. The summed E-state index contributed by atoms with van der Waals surface area (Å²) in [6.07, 6.45) is 1.89. The number of rotatable bonds is 6. The Morgan fingerprint density at radius 3 is 2.44 bits per heavy atom. The number of carbonyl (C=O) groups is 2. The lowest BCUT2D eigenvalue weighted by Gasteiger charge is -2.09. The number of phenols is 1. The fraction of sp³-hybridized carbons (Fsp3) is 0.148. The number of hydrogen-bond acceptors (Lipinski definition) is 4. The molecule has 7 nitrogen and oxygen atoms in total. The second kappa shape index (κ2) is 9.83. The van der Waals surface area contributed by atoms with Gasteiger partial charge in [0.2, 0.25) is 0 Å². The monoisotopic (exact) mass is 504 g/mol. The molecule has 0 unspecified atom stereocenters. The highest BCUT2D eigenvalue weighted by Crippen LogP contribution is 2.42. The van der Waals surface area contributed by atoms with E-state index in [1.807, 2.05) is 0 Å². The van der Waals surface area contributed by atoms with Crippen LogP contribution in [-0.2, 0) is 6.54 Å². The second-order valence-electron chi connectivity index (χ2n) is 8.62. The average molecular weight is 505 g/mol. The first-order valence-electron chi connectivity index (χ1n) is 11.4. The van der Waals surface area contributed by atoms with Gasteiger partial charge in [-0.15, -0.1) is 0 Å². The molecule has 1 heterocycles. The minimum Gasteiger partial charge on any atom is -0.507 e. The Kier molecular flexibility index (Phi) is 6.43. The summed E-state index contributed by atoms with van der Waals surface area (Å²) in [4.78, 5) is 25.5. The lowest BCUT2D eigenvalue weighted by Crippen LogP contribution is -2.30. The molecule has 2 amide bonds. The van der Waals surface area contributed by atoms with Crippen LogP contribution in [0, 0.1) is 5.82 Å². The Morgan fingerprint density at radius 1 is 1.03 bits per heavy atom. The van der Waals surface area contributed by atoms with Crippen LogP contribution in [0.1, 0.15) is 40.4 Å². The van der Waals surface area contributed by atoms with Gasteiger partial charge in [-0.1, -0.05) is 23.7 Å². The van der Waals surface area contributed by atoms with E-state index in [0.29, 0.717) is 27.5 Å². The molecule has 1 aliphatic carbocycles. The normalized spacial score (nSPS) is 12.8. The van der Waals surface area contributed by atoms with Crippen LogP contribution in [-0.4, -0.2) is 26.8 Å².